The van der Waals surface area contributed by atoms with Crippen LogP contribution in [0.5, 0.6) is 0 Å². The fourth-order valence-electron chi connectivity index (χ4n) is 1.69. The number of nitrogens with zero attached hydrogens (tertiary/aromatic N) is 3. The summed E-state index contributed by atoms with van der Waals surface area (Å²) in [7, 11) is 0. The van der Waals surface area contributed by atoms with Gasteiger partial charge in [0.2, 0.25) is 0 Å². The maximum atomic E-state index is 10.7. The van der Waals surface area contributed by atoms with Crippen LogP contribution >= 0.6 is 45.7 Å². The Morgan fingerprint density at radius 1 is 1.55 bits per heavy atom. The predicted octanol–water partition coefficient (Wildman–Crippen LogP) is 3.44. The molecule has 2 aromatic rings. The van der Waals surface area contributed by atoms with E-state index in [4.69, 9.17) is 5.11 Å². The zero-order valence-corrected chi connectivity index (χ0v) is 14.8. The second kappa shape index (κ2) is 6.90. The molecule has 2 heterocycles. The second-order valence-electron chi connectivity index (χ2n) is 4.63. The fraction of sp³-hybridized carbons (Fsp3) is 0.417. The van der Waals surface area contributed by atoms with Crippen molar-refractivity contribution in [2.45, 2.75) is 25.5 Å². The molecule has 0 radical (unpaired) electrons. The van der Waals surface area contributed by atoms with Gasteiger partial charge < -0.3 is 9.67 Å². The SMILES string of the molecule is CC(C)Cn1c(SCC(=O)O)nnc1-c1csc(I)c1. The molecular formula is C12H14IN3O2S2. The van der Waals surface area contributed by atoms with Crippen LogP contribution in [0.1, 0.15) is 13.8 Å². The molecule has 2 aromatic heterocycles. The average molecular weight is 423 g/mol. The molecule has 0 bridgehead atoms. The number of halogens is 1. The Morgan fingerprint density at radius 3 is 2.85 bits per heavy atom. The van der Waals surface area contributed by atoms with Gasteiger partial charge in [0.05, 0.1) is 8.64 Å². The summed E-state index contributed by atoms with van der Waals surface area (Å²) in [6, 6.07) is 2.07. The summed E-state index contributed by atoms with van der Waals surface area (Å²) in [6.07, 6.45) is 0. The normalized spacial score (nSPS) is 11.2. The highest BCUT2D eigenvalue weighted by atomic mass is 127. The lowest BCUT2D eigenvalue weighted by atomic mass is 10.2. The van der Waals surface area contributed by atoms with Gasteiger partial charge >= 0.3 is 5.97 Å². The van der Waals surface area contributed by atoms with Crippen molar-refractivity contribution in [3.63, 3.8) is 0 Å². The van der Waals surface area contributed by atoms with Gasteiger partial charge in [-0.15, -0.1) is 21.5 Å². The topological polar surface area (TPSA) is 68.0 Å². The molecule has 0 aliphatic carbocycles. The lowest BCUT2D eigenvalue weighted by Crippen LogP contribution is -2.08. The molecule has 0 aromatic carbocycles. The van der Waals surface area contributed by atoms with Crippen molar-refractivity contribution < 1.29 is 9.90 Å². The van der Waals surface area contributed by atoms with Gasteiger partial charge in [-0.1, -0.05) is 25.6 Å². The van der Waals surface area contributed by atoms with Gasteiger partial charge in [-0.3, -0.25) is 4.79 Å². The van der Waals surface area contributed by atoms with Crippen molar-refractivity contribution in [2.75, 3.05) is 5.75 Å². The standard InChI is InChI=1S/C12H14IN3O2S2/c1-7(2)4-16-11(8-3-9(13)19-5-8)14-15-12(16)20-6-10(17)18/h3,5,7H,4,6H2,1-2H3,(H,17,18). The first-order valence-electron chi connectivity index (χ1n) is 5.99. The minimum atomic E-state index is -0.847. The summed E-state index contributed by atoms with van der Waals surface area (Å²) in [4.78, 5) is 10.7. The largest absolute Gasteiger partial charge is 0.481 e. The van der Waals surface area contributed by atoms with Crippen LogP contribution in [0.4, 0.5) is 0 Å². The Morgan fingerprint density at radius 2 is 2.30 bits per heavy atom. The third kappa shape index (κ3) is 3.95. The van der Waals surface area contributed by atoms with Crippen LogP contribution in [0.15, 0.2) is 16.6 Å². The number of carbonyl (C=O) groups is 1. The molecule has 108 valence electrons. The number of thioether (sulfide) groups is 1. The molecule has 0 unspecified atom stereocenters. The fourth-order valence-corrected chi connectivity index (χ4v) is 3.69. The summed E-state index contributed by atoms with van der Waals surface area (Å²) in [6.45, 7) is 5.01. The number of aliphatic carboxylic acids is 1. The minimum Gasteiger partial charge on any atom is -0.481 e. The van der Waals surface area contributed by atoms with E-state index in [-0.39, 0.29) is 5.75 Å². The Labute approximate surface area is 138 Å². The lowest BCUT2D eigenvalue weighted by molar-refractivity contribution is -0.133. The van der Waals surface area contributed by atoms with Crippen LogP contribution in [-0.2, 0) is 11.3 Å². The number of hydrogen-bond acceptors (Lipinski definition) is 5. The summed E-state index contributed by atoms with van der Waals surface area (Å²) in [5.41, 5.74) is 1.04. The lowest BCUT2D eigenvalue weighted by Gasteiger charge is -2.11. The van der Waals surface area contributed by atoms with Crippen LogP contribution in [0.3, 0.4) is 0 Å². The van der Waals surface area contributed by atoms with Crippen LogP contribution in [0.2, 0.25) is 0 Å². The van der Waals surface area contributed by atoms with E-state index in [0.29, 0.717) is 11.1 Å². The number of aromatic nitrogens is 3. The van der Waals surface area contributed by atoms with Crippen LogP contribution in [0.25, 0.3) is 11.4 Å². The Bertz CT molecular complexity index is 610. The van der Waals surface area contributed by atoms with Crippen molar-refractivity contribution >= 4 is 51.7 Å². The van der Waals surface area contributed by atoms with Crippen LogP contribution in [-0.4, -0.2) is 31.6 Å². The average Bonchev–Trinajstić information content (AvgIpc) is 2.93. The number of hydrogen-bond donors (Lipinski definition) is 1. The van der Waals surface area contributed by atoms with Gasteiger partial charge in [0.1, 0.15) is 0 Å². The van der Waals surface area contributed by atoms with Gasteiger partial charge in [0, 0.05) is 17.5 Å². The zero-order valence-electron chi connectivity index (χ0n) is 11.0. The van der Waals surface area contributed by atoms with E-state index in [1.54, 1.807) is 11.3 Å². The summed E-state index contributed by atoms with van der Waals surface area (Å²) in [5.74, 6) is 0.398. The quantitative estimate of drug-likeness (QED) is 0.570. The number of thiophene rings is 1. The van der Waals surface area contributed by atoms with E-state index in [1.165, 1.54) is 14.6 Å². The zero-order chi connectivity index (χ0) is 14.7. The van der Waals surface area contributed by atoms with Crippen LogP contribution in [0, 0.1) is 8.80 Å². The van der Waals surface area contributed by atoms with Crippen molar-refractivity contribution in [3.05, 3.63) is 14.3 Å². The van der Waals surface area contributed by atoms with Crippen molar-refractivity contribution in [1.29, 1.82) is 0 Å². The minimum absolute atomic E-state index is 0.00258. The van der Waals surface area contributed by atoms with Crippen molar-refractivity contribution in [3.8, 4) is 11.4 Å². The molecule has 1 N–H and O–H groups in total. The van der Waals surface area contributed by atoms with Crippen LogP contribution < -0.4 is 0 Å². The Kier molecular flexibility index (Phi) is 5.44. The maximum absolute atomic E-state index is 10.7. The molecule has 0 fully saturated rings. The van der Waals surface area contributed by atoms with Crippen molar-refractivity contribution in [2.24, 2.45) is 5.92 Å². The highest BCUT2D eigenvalue weighted by Gasteiger charge is 2.17. The first kappa shape index (κ1) is 15.8. The van der Waals surface area contributed by atoms with Crippen molar-refractivity contribution in [1.82, 2.24) is 14.8 Å². The number of carboxylic acids is 1. The highest BCUT2D eigenvalue weighted by molar-refractivity contribution is 14.1. The van der Waals surface area contributed by atoms with E-state index < -0.39 is 5.97 Å². The summed E-state index contributed by atoms with van der Waals surface area (Å²) in [5, 5.41) is 19.9. The first-order valence-corrected chi connectivity index (χ1v) is 8.94. The van der Waals surface area contributed by atoms with E-state index in [0.717, 1.165) is 17.9 Å². The molecule has 0 spiro atoms. The van der Waals surface area contributed by atoms with E-state index in [1.807, 2.05) is 9.95 Å². The molecule has 20 heavy (non-hydrogen) atoms. The Balaban J connectivity index is 2.33. The molecule has 0 aliphatic rings. The third-order valence-electron chi connectivity index (χ3n) is 2.41. The summed E-state index contributed by atoms with van der Waals surface area (Å²) >= 11 is 5.14. The number of carboxylic acid groups (broad SMARTS) is 1. The Hall–Kier alpha value is -0.610. The monoisotopic (exact) mass is 423 g/mol. The van der Waals surface area contributed by atoms with E-state index in [2.05, 4.69) is 52.7 Å². The molecule has 0 saturated heterocycles. The molecule has 0 amide bonds. The highest BCUT2D eigenvalue weighted by Crippen LogP contribution is 2.29. The number of rotatable bonds is 6. The summed E-state index contributed by atoms with van der Waals surface area (Å²) < 4.78 is 3.20. The van der Waals surface area contributed by atoms with E-state index >= 15 is 0 Å². The molecule has 2 rings (SSSR count). The molecule has 0 aliphatic heterocycles. The molecule has 5 nitrogen and oxygen atoms in total. The third-order valence-corrected chi connectivity index (χ3v) is 5.16. The smallest absolute Gasteiger partial charge is 0.313 e. The van der Waals surface area contributed by atoms with E-state index in [9.17, 15) is 4.79 Å². The second-order valence-corrected chi connectivity index (χ2v) is 8.38. The van der Waals surface area contributed by atoms with Gasteiger partial charge in [0.15, 0.2) is 11.0 Å². The molecule has 0 atom stereocenters. The predicted molar refractivity (Wildman–Crippen MR) is 89.2 cm³/mol. The maximum Gasteiger partial charge on any atom is 0.313 e. The first-order chi connectivity index (χ1) is 9.47. The molecular weight excluding hydrogens is 409 g/mol. The molecule has 0 saturated carbocycles. The van der Waals surface area contributed by atoms with Gasteiger partial charge in [-0.25, -0.2) is 0 Å². The molecule has 8 heteroatoms. The van der Waals surface area contributed by atoms with Gasteiger partial charge in [0.25, 0.3) is 0 Å². The van der Waals surface area contributed by atoms with Gasteiger partial charge in [-0.05, 0) is 34.6 Å². The van der Waals surface area contributed by atoms with Gasteiger partial charge in [-0.2, -0.15) is 0 Å².